The number of anilines is 1. The molecule has 1 amide bonds. The second-order valence-electron chi connectivity index (χ2n) is 16.3. The number of aromatic nitrogens is 2. The van der Waals surface area contributed by atoms with Crippen molar-refractivity contribution < 1.29 is 41.8 Å². The highest BCUT2D eigenvalue weighted by molar-refractivity contribution is 6.06. The Morgan fingerprint density at radius 1 is 1.11 bits per heavy atom. The van der Waals surface area contributed by atoms with Crippen LogP contribution in [0.2, 0.25) is 0 Å². The number of amides is 1. The number of nitro groups is 1. The molecule has 300 valence electrons. The summed E-state index contributed by atoms with van der Waals surface area (Å²) in [7, 11) is 1.41. The number of hydrogen-bond acceptors (Lipinski definition) is 11. The van der Waals surface area contributed by atoms with E-state index in [1.54, 1.807) is 31.7 Å². The second-order valence-corrected chi connectivity index (χ2v) is 16.3. The van der Waals surface area contributed by atoms with Crippen molar-refractivity contribution in [3.63, 3.8) is 0 Å². The number of terminal acetylenes is 1. The van der Waals surface area contributed by atoms with Gasteiger partial charge in [-0.2, -0.15) is 9.97 Å². The van der Waals surface area contributed by atoms with Crippen LogP contribution in [0, 0.1) is 34.1 Å². The predicted molar refractivity (Wildman–Crippen MR) is 205 cm³/mol. The molecule has 2 bridgehead atoms. The van der Waals surface area contributed by atoms with Crippen LogP contribution in [0.3, 0.4) is 0 Å². The number of benzene rings is 3. The molecule has 0 aliphatic carbocycles. The van der Waals surface area contributed by atoms with E-state index in [4.69, 9.17) is 30.4 Å². The summed E-state index contributed by atoms with van der Waals surface area (Å²) in [5.74, 6) is 0.803. The molecule has 4 atom stereocenters. The molecular weight excluding hydrogens is 745 g/mol. The number of rotatable bonds is 9. The van der Waals surface area contributed by atoms with Crippen molar-refractivity contribution in [1.82, 2.24) is 19.8 Å². The Balaban J connectivity index is 1.31. The zero-order chi connectivity index (χ0) is 40.4. The van der Waals surface area contributed by atoms with Crippen molar-refractivity contribution in [2.45, 2.75) is 82.3 Å². The van der Waals surface area contributed by atoms with Crippen LogP contribution >= 0.6 is 0 Å². The van der Waals surface area contributed by atoms with Crippen molar-refractivity contribution in [2.24, 2.45) is 0 Å². The maximum Gasteiger partial charge on any atom is 0.410 e. The van der Waals surface area contributed by atoms with Crippen molar-refractivity contribution >= 4 is 39.3 Å². The highest BCUT2D eigenvalue weighted by Crippen LogP contribution is 2.46. The SMILES string of the molecule is C#Cc1c(F)ccc2cc(OCOC)cc(-c3c([N+](=O)[O-])cc4c(N5C[C@H]6CC[C@@H](C5)N6C(=O)OC(C)(C)C)nc(OC[C@@]56CCCN5C[C@H](F)C6)nc4c3F)c12. The lowest BCUT2D eigenvalue weighted by molar-refractivity contribution is -0.384. The fourth-order valence-corrected chi connectivity index (χ4v) is 9.18. The number of methoxy groups -OCH3 is 1. The molecular formula is C41H43F3N6O7. The van der Waals surface area contributed by atoms with Gasteiger partial charge in [-0.15, -0.1) is 6.42 Å². The molecule has 1 aromatic heterocycles. The molecule has 0 spiro atoms. The molecule has 57 heavy (non-hydrogen) atoms. The first kappa shape index (κ1) is 38.5. The zero-order valence-corrected chi connectivity index (χ0v) is 32.1. The van der Waals surface area contributed by atoms with Gasteiger partial charge in [0.2, 0.25) is 0 Å². The van der Waals surface area contributed by atoms with Crippen molar-refractivity contribution in [1.29, 1.82) is 0 Å². The molecule has 8 rings (SSSR count). The number of carbonyl (C=O) groups is 1. The monoisotopic (exact) mass is 788 g/mol. The Hall–Kier alpha value is -5.40. The topological polar surface area (TPSA) is 133 Å². The summed E-state index contributed by atoms with van der Waals surface area (Å²) >= 11 is 0. The Morgan fingerprint density at radius 2 is 1.86 bits per heavy atom. The largest absolute Gasteiger partial charge is 0.468 e. The summed E-state index contributed by atoms with van der Waals surface area (Å²) in [5.41, 5.74) is -3.03. The molecule has 4 aromatic rings. The second kappa shape index (κ2) is 14.5. The molecule has 0 unspecified atom stereocenters. The Kier molecular flexibility index (Phi) is 9.80. The van der Waals surface area contributed by atoms with Crippen LogP contribution in [0.4, 0.5) is 29.5 Å². The van der Waals surface area contributed by atoms with E-state index in [0.29, 0.717) is 31.2 Å². The first-order valence-electron chi connectivity index (χ1n) is 19.0. The van der Waals surface area contributed by atoms with Crippen molar-refractivity contribution in [3.05, 3.63) is 57.6 Å². The van der Waals surface area contributed by atoms with E-state index in [9.17, 15) is 19.3 Å². The summed E-state index contributed by atoms with van der Waals surface area (Å²) < 4.78 is 70.4. The number of nitro benzene ring substituents is 1. The van der Waals surface area contributed by atoms with Crippen molar-refractivity contribution in [2.75, 3.05) is 51.6 Å². The number of alkyl halides is 1. The Bertz CT molecular complexity index is 2320. The summed E-state index contributed by atoms with van der Waals surface area (Å²) in [6.45, 7) is 6.81. The summed E-state index contributed by atoms with van der Waals surface area (Å²) in [6, 6.07) is 5.94. The fraction of sp³-hybridized carbons (Fsp3) is 0.488. The zero-order valence-electron chi connectivity index (χ0n) is 32.1. The number of piperazine rings is 1. The molecule has 4 saturated heterocycles. The summed E-state index contributed by atoms with van der Waals surface area (Å²) in [6.07, 6.45) is 7.52. The maximum atomic E-state index is 17.6. The molecule has 4 aliphatic heterocycles. The van der Waals surface area contributed by atoms with E-state index in [1.807, 2.05) is 4.90 Å². The van der Waals surface area contributed by atoms with Crippen molar-refractivity contribution in [3.8, 4) is 35.2 Å². The van der Waals surface area contributed by atoms with Crippen LogP contribution in [0.1, 0.15) is 58.4 Å². The van der Waals surface area contributed by atoms with Gasteiger partial charge in [0.1, 0.15) is 41.3 Å². The number of carbonyl (C=O) groups excluding carboxylic acids is 1. The van der Waals surface area contributed by atoms with Crippen LogP contribution in [0.25, 0.3) is 32.8 Å². The minimum Gasteiger partial charge on any atom is -0.468 e. The molecule has 3 aromatic carbocycles. The third-order valence-electron chi connectivity index (χ3n) is 11.5. The van der Waals surface area contributed by atoms with E-state index >= 15 is 8.78 Å². The number of ether oxygens (including phenoxy) is 4. The first-order chi connectivity index (χ1) is 27.2. The predicted octanol–water partition coefficient (Wildman–Crippen LogP) is 7.14. The van der Waals surface area contributed by atoms with Crippen LogP contribution in [0.5, 0.6) is 11.8 Å². The van der Waals surface area contributed by atoms with Gasteiger partial charge >= 0.3 is 12.1 Å². The molecule has 0 N–H and O–H groups in total. The average molecular weight is 789 g/mol. The fourth-order valence-electron chi connectivity index (χ4n) is 9.18. The van der Waals surface area contributed by atoms with Gasteiger partial charge in [-0.25, -0.2) is 18.0 Å². The van der Waals surface area contributed by atoms with E-state index in [0.717, 1.165) is 19.0 Å². The maximum absolute atomic E-state index is 17.6. The molecule has 16 heteroatoms. The van der Waals surface area contributed by atoms with Gasteiger partial charge < -0.3 is 23.8 Å². The first-order valence-corrected chi connectivity index (χ1v) is 19.0. The number of hydrogen-bond donors (Lipinski definition) is 0. The van der Waals surface area contributed by atoms with Gasteiger partial charge in [-0.1, -0.05) is 12.0 Å². The average Bonchev–Trinajstić information content (AvgIpc) is 3.78. The lowest BCUT2D eigenvalue weighted by Crippen LogP contribution is -2.57. The third kappa shape index (κ3) is 6.90. The van der Waals surface area contributed by atoms with Gasteiger partial charge in [0.25, 0.3) is 5.69 Å². The van der Waals surface area contributed by atoms with E-state index in [1.165, 1.54) is 25.3 Å². The Labute approximate surface area is 327 Å². The lowest BCUT2D eigenvalue weighted by atomic mass is 9.92. The Morgan fingerprint density at radius 3 is 2.54 bits per heavy atom. The van der Waals surface area contributed by atoms with Crippen LogP contribution in [0.15, 0.2) is 30.3 Å². The van der Waals surface area contributed by atoms with Gasteiger partial charge in [0, 0.05) is 50.2 Å². The summed E-state index contributed by atoms with van der Waals surface area (Å²) in [4.78, 5) is 40.6. The number of fused-ring (bicyclic) bond motifs is 5. The number of nitrogens with zero attached hydrogens (tertiary/aromatic N) is 6. The summed E-state index contributed by atoms with van der Waals surface area (Å²) in [5, 5.41) is 13.4. The van der Waals surface area contributed by atoms with Crippen LogP contribution < -0.4 is 14.4 Å². The minimum atomic E-state index is -1.09. The number of halogens is 3. The van der Waals surface area contributed by atoms with E-state index in [-0.39, 0.29) is 90.0 Å². The third-order valence-corrected chi connectivity index (χ3v) is 11.5. The molecule has 0 radical (unpaired) electrons. The van der Waals surface area contributed by atoms with E-state index < -0.39 is 51.2 Å². The minimum absolute atomic E-state index is 0.0326. The van der Waals surface area contributed by atoms with Gasteiger partial charge in [-0.3, -0.25) is 19.9 Å². The lowest BCUT2D eigenvalue weighted by Gasteiger charge is -2.42. The van der Waals surface area contributed by atoms with Gasteiger partial charge in [0.15, 0.2) is 12.6 Å². The van der Waals surface area contributed by atoms with Gasteiger partial charge in [-0.05, 0) is 76.6 Å². The molecule has 4 fully saturated rings. The van der Waals surface area contributed by atoms with E-state index in [2.05, 4.69) is 15.8 Å². The highest BCUT2D eigenvalue weighted by Gasteiger charge is 2.50. The molecule has 5 heterocycles. The smallest absolute Gasteiger partial charge is 0.410 e. The molecule has 0 saturated carbocycles. The van der Waals surface area contributed by atoms with Crippen LogP contribution in [-0.2, 0) is 9.47 Å². The highest BCUT2D eigenvalue weighted by atomic mass is 19.1. The van der Waals surface area contributed by atoms with Crippen LogP contribution in [-0.4, -0.2) is 107 Å². The quantitative estimate of drug-likeness (QED) is 0.0742. The molecule has 4 aliphatic rings. The molecule has 13 nitrogen and oxygen atoms in total. The van der Waals surface area contributed by atoms with Gasteiger partial charge in [0.05, 0.1) is 39.1 Å². The standard InChI is InChI=1S/C41H43F3N6O7/c1-6-28-31(43)11-8-23-14-27(56-22-54-5)15-29(33(23)28)34-32(50(52)53)16-30-36(35(34)44)45-38(55-21-41-12-7-13-48(41)18-24(42)17-41)46-37(30)47-19-25-9-10-26(20-47)49(25)39(51)57-40(2,3)4/h1,8,11,14-16,24-26H,7,9-10,12-13,17-22H2,2-5H3/t24-,25-,26+,41+/m1/s1. The normalized spacial score (nSPS) is 23.2.